The lowest BCUT2D eigenvalue weighted by atomic mass is 10.1. The number of aryl methyl sites for hydroxylation is 1. The van der Waals surface area contributed by atoms with Crippen LogP contribution in [-0.4, -0.2) is 46.4 Å². The molecule has 1 rings (SSSR count). The fraction of sp³-hybridized carbons (Fsp3) is 0.632. The van der Waals surface area contributed by atoms with Crippen molar-refractivity contribution in [3.8, 4) is 5.75 Å². The van der Waals surface area contributed by atoms with E-state index < -0.39 is 0 Å². The van der Waals surface area contributed by atoms with Crippen molar-refractivity contribution >= 4 is 29.9 Å². The Morgan fingerprint density at radius 1 is 1.12 bits per heavy atom. The highest BCUT2D eigenvalue weighted by molar-refractivity contribution is 14.0. The smallest absolute Gasteiger partial charge is 0.190 e. The zero-order valence-corrected chi connectivity index (χ0v) is 18.4. The monoisotopic (exact) mass is 463 g/mol. The molecule has 0 atom stereocenters. The van der Waals surface area contributed by atoms with Gasteiger partial charge in [-0.05, 0) is 43.4 Å². The van der Waals surface area contributed by atoms with Crippen LogP contribution in [0, 0.1) is 6.92 Å². The van der Waals surface area contributed by atoms with Crippen LogP contribution in [0.1, 0.15) is 37.3 Å². The molecule has 0 saturated carbocycles. The first kappa shape index (κ1) is 24.0. The fourth-order valence-corrected chi connectivity index (χ4v) is 2.30. The third-order valence-corrected chi connectivity index (χ3v) is 3.80. The van der Waals surface area contributed by atoms with Gasteiger partial charge in [0.1, 0.15) is 5.75 Å². The number of aliphatic imine (C=N–C) groups is 1. The average Bonchev–Trinajstić information content (AvgIpc) is 2.60. The maximum Gasteiger partial charge on any atom is 0.190 e. The van der Waals surface area contributed by atoms with Crippen LogP contribution in [0.15, 0.2) is 23.2 Å². The van der Waals surface area contributed by atoms with E-state index in [1.807, 2.05) is 0 Å². The summed E-state index contributed by atoms with van der Waals surface area (Å²) in [5.74, 6) is 1.78. The maximum atomic E-state index is 5.55. The number of halogens is 1. The molecule has 0 aliphatic carbocycles. The van der Waals surface area contributed by atoms with E-state index in [2.05, 4.69) is 47.7 Å². The molecule has 1 aromatic carbocycles. The summed E-state index contributed by atoms with van der Waals surface area (Å²) < 4.78 is 10.9. The van der Waals surface area contributed by atoms with Crippen LogP contribution in [-0.2, 0) is 11.2 Å². The molecule has 0 aliphatic rings. The molecule has 2 N–H and O–H groups in total. The molecule has 0 fully saturated rings. The predicted molar refractivity (Wildman–Crippen MR) is 117 cm³/mol. The van der Waals surface area contributed by atoms with Gasteiger partial charge in [0, 0.05) is 33.4 Å². The normalized spacial score (nSPS) is 11.0. The molecule has 144 valence electrons. The highest BCUT2D eigenvalue weighted by atomic mass is 127. The lowest BCUT2D eigenvalue weighted by molar-refractivity contribution is 0.129. The molecule has 6 heteroatoms. The third kappa shape index (κ3) is 10.5. The van der Waals surface area contributed by atoms with Crippen LogP contribution in [0.3, 0.4) is 0 Å². The standard InChI is InChI=1S/C19H33N3O2.HI/c1-5-6-13-24-14-7-11-21-19(20-3)22-12-10-17-9-8-16(2)18(15-17)23-4;/h8-9,15H,5-7,10-14H2,1-4H3,(H2,20,21,22);1H. The summed E-state index contributed by atoms with van der Waals surface area (Å²) in [5.41, 5.74) is 2.41. The SMILES string of the molecule is CCCCOCCCNC(=NC)NCCc1ccc(C)c(OC)c1.I. The van der Waals surface area contributed by atoms with Gasteiger partial charge >= 0.3 is 0 Å². The van der Waals surface area contributed by atoms with Gasteiger partial charge in [-0.25, -0.2) is 0 Å². The van der Waals surface area contributed by atoms with Crippen LogP contribution in [0.4, 0.5) is 0 Å². The van der Waals surface area contributed by atoms with Crippen molar-refractivity contribution in [2.45, 2.75) is 39.5 Å². The first-order chi connectivity index (χ1) is 11.7. The number of benzene rings is 1. The van der Waals surface area contributed by atoms with E-state index >= 15 is 0 Å². The van der Waals surface area contributed by atoms with Crippen molar-refractivity contribution in [2.75, 3.05) is 40.5 Å². The quantitative estimate of drug-likeness (QED) is 0.228. The Morgan fingerprint density at radius 3 is 2.52 bits per heavy atom. The second-order valence-corrected chi connectivity index (χ2v) is 5.80. The Kier molecular flexibility index (Phi) is 14.6. The minimum atomic E-state index is 0. The van der Waals surface area contributed by atoms with Crippen molar-refractivity contribution in [1.82, 2.24) is 10.6 Å². The van der Waals surface area contributed by atoms with Crippen molar-refractivity contribution in [1.29, 1.82) is 0 Å². The topological polar surface area (TPSA) is 54.9 Å². The molecular formula is C19H34IN3O2. The molecule has 0 spiro atoms. The molecule has 0 unspecified atom stereocenters. The van der Waals surface area contributed by atoms with Crippen LogP contribution in [0.2, 0.25) is 0 Å². The second-order valence-electron chi connectivity index (χ2n) is 5.80. The highest BCUT2D eigenvalue weighted by Gasteiger charge is 2.01. The maximum absolute atomic E-state index is 5.55. The van der Waals surface area contributed by atoms with Crippen molar-refractivity contribution in [3.63, 3.8) is 0 Å². The lowest BCUT2D eigenvalue weighted by Gasteiger charge is -2.12. The van der Waals surface area contributed by atoms with Gasteiger partial charge in [0.15, 0.2) is 5.96 Å². The lowest BCUT2D eigenvalue weighted by Crippen LogP contribution is -2.39. The van der Waals surface area contributed by atoms with E-state index in [1.165, 1.54) is 12.0 Å². The average molecular weight is 463 g/mol. The number of hydrogen-bond acceptors (Lipinski definition) is 3. The number of hydrogen-bond donors (Lipinski definition) is 2. The minimum absolute atomic E-state index is 0. The van der Waals surface area contributed by atoms with E-state index in [0.717, 1.165) is 62.8 Å². The summed E-state index contributed by atoms with van der Waals surface area (Å²) in [5, 5.41) is 6.65. The number of ether oxygens (including phenoxy) is 2. The van der Waals surface area contributed by atoms with Gasteiger partial charge in [0.05, 0.1) is 7.11 Å². The van der Waals surface area contributed by atoms with Crippen molar-refractivity contribution in [3.05, 3.63) is 29.3 Å². The van der Waals surface area contributed by atoms with Gasteiger partial charge in [-0.15, -0.1) is 24.0 Å². The molecule has 0 aliphatic heterocycles. The molecule has 25 heavy (non-hydrogen) atoms. The number of rotatable bonds is 11. The summed E-state index contributed by atoms with van der Waals surface area (Å²) in [6.45, 7) is 7.59. The number of unbranched alkanes of at least 4 members (excludes halogenated alkanes) is 1. The van der Waals surface area contributed by atoms with Crippen molar-refractivity contribution < 1.29 is 9.47 Å². The minimum Gasteiger partial charge on any atom is -0.496 e. The Hall–Kier alpha value is -1.02. The summed E-state index contributed by atoms with van der Waals surface area (Å²) in [6, 6.07) is 6.34. The van der Waals surface area contributed by atoms with Crippen LogP contribution >= 0.6 is 24.0 Å². The summed E-state index contributed by atoms with van der Waals surface area (Å²) >= 11 is 0. The largest absolute Gasteiger partial charge is 0.496 e. The number of methoxy groups -OCH3 is 1. The van der Waals surface area contributed by atoms with Gasteiger partial charge in [0.2, 0.25) is 0 Å². The van der Waals surface area contributed by atoms with Crippen LogP contribution in [0.5, 0.6) is 5.75 Å². The molecule has 0 aromatic heterocycles. The molecule has 0 bridgehead atoms. The van der Waals surface area contributed by atoms with E-state index in [0.29, 0.717) is 0 Å². The predicted octanol–water partition coefficient (Wildman–Crippen LogP) is 3.54. The third-order valence-electron chi connectivity index (χ3n) is 3.80. The van der Waals surface area contributed by atoms with Gasteiger partial charge < -0.3 is 20.1 Å². The Labute approximate surface area is 170 Å². The second kappa shape index (κ2) is 15.3. The van der Waals surface area contributed by atoms with Gasteiger partial charge in [-0.1, -0.05) is 25.5 Å². The summed E-state index contributed by atoms with van der Waals surface area (Å²) in [7, 11) is 3.50. The number of guanidine groups is 1. The molecule has 1 aromatic rings. The van der Waals surface area contributed by atoms with E-state index in [-0.39, 0.29) is 24.0 Å². The van der Waals surface area contributed by atoms with E-state index in [9.17, 15) is 0 Å². The first-order valence-electron chi connectivity index (χ1n) is 8.87. The number of nitrogens with zero attached hydrogens (tertiary/aromatic N) is 1. The number of nitrogens with one attached hydrogen (secondary N) is 2. The van der Waals surface area contributed by atoms with Crippen LogP contribution < -0.4 is 15.4 Å². The summed E-state index contributed by atoms with van der Waals surface area (Å²) in [4.78, 5) is 4.24. The van der Waals surface area contributed by atoms with Gasteiger partial charge in [0.25, 0.3) is 0 Å². The highest BCUT2D eigenvalue weighted by Crippen LogP contribution is 2.18. The zero-order chi connectivity index (χ0) is 17.6. The Balaban J connectivity index is 0.00000576. The molecule has 5 nitrogen and oxygen atoms in total. The molecule has 0 saturated heterocycles. The summed E-state index contributed by atoms with van der Waals surface area (Å²) in [6.07, 6.45) is 4.24. The Bertz CT molecular complexity index is 496. The van der Waals surface area contributed by atoms with Gasteiger partial charge in [-0.2, -0.15) is 0 Å². The van der Waals surface area contributed by atoms with E-state index in [4.69, 9.17) is 9.47 Å². The fourth-order valence-electron chi connectivity index (χ4n) is 2.30. The molecule has 0 radical (unpaired) electrons. The van der Waals surface area contributed by atoms with Crippen LogP contribution in [0.25, 0.3) is 0 Å². The van der Waals surface area contributed by atoms with Gasteiger partial charge in [-0.3, -0.25) is 4.99 Å². The Morgan fingerprint density at radius 2 is 1.84 bits per heavy atom. The van der Waals surface area contributed by atoms with Crippen molar-refractivity contribution in [2.24, 2.45) is 4.99 Å². The first-order valence-corrected chi connectivity index (χ1v) is 8.87. The van der Waals surface area contributed by atoms with E-state index in [1.54, 1.807) is 14.2 Å². The zero-order valence-electron chi connectivity index (χ0n) is 16.1. The molecule has 0 heterocycles. The molecule has 0 amide bonds. The molecular weight excluding hydrogens is 429 g/mol.